The molecule has 0 aliphatic carbocycles. The lowest BCUT2D eigenvalue weighted by Gasteiger charge is -2.24. The van der Waals surface area contributed by atoms with Gasteiger partial charge in [-0.15, -0.1) is 0 Å². The Morgan fingerprint density at radius 1 is 1.25 bits per heavy atom. The van der Waals surface area contributed by atoms with Crippen LogP contribution in [0.5, 0.6) is 0 Å². The van der Waals surface area contributed by atoms with E-state index in [1.54, 1.807) is 13.0 Å². The monoisotopic (exact) mass is 393 g/mol. The number of nitrogens with two attached hydrogens (primary N) is 1. The van der Waals surface area contributed by atoms with Crippen LogP contribution in [0.3, 0.4) is 0 Å². The number of carbonyl (C=O) groups is 2. The second-order valence-corrected chi connectivity index (χ2v) is 6.55. The summed E-state index contributed by atoms with van der Waals surface area (Å²) in [6.45, 7) is 5.61. The maximum Gasteiger partial charge on any atom is 0.260 e. The first-order valence-corrected chi connectivity index (χ1v) is 9.44. The van der Waals surface area contributed by atoms with Crippen molar-refractivity contribution in [1.82, 2.24) is 10.3 Å². The van der Waals surface area contributed by atoms with Crippen molar-refractivity contribution in [3.8, 4) is 0 Å². The number of benzene rings is 1. The lowest BCUT2D eigenvalue weighted by atomic mass is 10.0. The van der Waals surface area contributed by atoms with Crippen molar-refractivity contribution in [3.63, 3.8) is 0 Å². The Labute approximate surface area is 165 Å². The van der Waals surface area contributed by atoms with E-state index in [1.165, 1.54) is 11.0 Å². The number of amides is 2. The van der Waals surface area contributed by atoms with E-state index in [2.05, 4.69) is 12.3 Å². The molecule has 1 rings (SSSR count). The van der Waals surface area contributed by atoms with Crippen molar-refractivity contribution in [2.24, 2.45) is 5.84 Å². The number of halogens is 2. The van der Waals surface area contributed by atoms with Crippen molar-refractivity contribution in [2.45, 2.75) is 59.4 Å². The zero-order valence-electron chi connectivity index (χ0n) is 16.7. The highest BCUT2D eigenvalue weighted by molar-refractivity contribution is 5.92. The van der Waals surface area contributed by atoms with Crippen LogP contribution in [0.2, 0.25) is 0 Å². The van der Waals surface area contributed by atoms with Crippen LogP contribution in [0.25, 0.3) is 0 Å². The molecule has 0 fully saturated rings. The fraction of sp³-hybridized carbons (Fsp3) is 0.429. The summed E-state index contributed by atoms with van der Waals surface area (Å²) in [6.07, 6.45) is 6.35. The van der Waals surface area contributed by atoms with Gasteiger partial charge in [-0.3, -0.25) is 15.0 Å². The van der Waals surface area contributed by atoms with Crippen molar-refractivity contribution >= 4 is 12.3 Å². The molecule has 3 N–H and O–H groups in total. The molecular weight excluding hydrogens is 364 g/mol. The van der Waals surface area contributed by atoms with Gasteiger partial charge in [0, 0.05) is 22.9 Å². The van der Waals surface area contributed by atoms with Crippen LogP contribution >= 0.6 is 0 Å². The molecule has 1 aromatic carbocycles. The number of carbonyl (C=O) groups excluding carboxylic acids is 2. The van der Waals surface area contributed by atoms with E-state index in [0.717, 1.165) is 42.7 Å². The summed E-state index contributed by atoms with van der Waals surface area (Å²) in [7, 11) is 0. The minimum atomic E-state index is -0.702. The quantitative estimate of drug-likeness (QED) is 0.113. The molecule has 2 amide bonds. The first-order chi connectivity index (χ1) is 13.4. The Bertz CT molecular complexity index is 745. The van der Waals surface area contributed by atoms with E-state index in [0.29, 0.717) is 24.8 Å². The standard InChI is InChI=1S/C21H29F2N3O2/c1-4-6-7-8-20(16(5-2)11-15(3)21(28)25-24)26(14-27)13-17-9-10-18(22)12-19(17)23/h9-12,14H,4-8,13,24H2,1-3H3,(H,25,28)/b15-11+,20-16-. The lowest BCUT2D eigenvalue weighted by molar-refractivity contribution is -0.118. The van der Waals surface area contributed by atoms with Gasteiger partial charge in [-0.05, 0) is 43.9 Å². The van der Waals surface area contributed by atoms with Gasteiger partial charge in [-0.1, -0.05) is 32.8 Å². The molecule has 0 spiro atoms. The van der Waals surface area contributed by atoms with Gasteiger partial charge in [0.25, 0.3) is 5.91 Å². The van der Waals surface area contributed by atoms with E-state index in [9.17, 15) is 18.4 Å². The molecular formula is C21H29F2N3O2. The van der Waals surface area contributed by atoms with Crippen molar-refractivity contribution < 1.29 is 18.4 Å². The number of hydrazine groups is 1. The number of nitrogens with zero attached hydrogens (tertiary/aromatic N) is 1. The third kappa shape index (κ3) is 6.88. The van der Waals surface area contributed by atoms with Crippen LogP contribution in [0.15, 0.2) is 41.1 Å². The number of rotatable bonds is 11. The largest absolute Gasteiger partial charge is 0.314 e. The first kappa shape index (κ1) is 23.5. The van der Waals surface area contributed by atoms with Gasteiger partial charge in [0.2, 0.25) is 6.41 Å². The summed E-state index contributed by atoms with van der Waals surface area (Å²) in [5.41, 5.74) is 4.23. The normalized spacial score (nSPS) is 12.4. The SMILES string of the molecule is CCCCC/C(=C(/C=C(\C)C(=O)NN)CC)N(C=O)Cc1ccc(F)cc1F. The Balaban J connectivity index is 3.33. The fourth-order valence-electron chi connectivity index (χ4n) is 2.89. The molecule has 154 valence electrons. The summed E-state index contributed by atoms with van der Waals surface area (Å²) >= 11 is 0. The summed E-state index contributed by atoms with van der Waals surface area (Å²) < 4.78 is 27.3. The Hall–Kier alpha value is -2.54. The average molecular weight is 393 g/mol. The molecule has 1 aromatic rings. The van der Waals surface area contributed by atoms with Gasteiger partial charge in [0.1, 0.15) is 11.6 Å². The highest BCUT2D eigenvalue weighted by Crippen LogP contribution is 2.24. The summed E-state index contributed by atoms with van der Waals surface area (Å²) in [5.74, 6) is 3.40. The molecule has 0 atom stereocenters. The lowest BCUT2D eigenvalue weighted by Crippen LogP contribution is -2.30. The highest BCUT2D eigenvalue weighted by atomic mass is 19.1. The molecule has 28 heavy (non-hydrogen) atoms. The maximum absolute atomic E-state index is 14.1. The van der Waals surface area contributed by atoms with Gasteiger partial charge in [0.15, 0.2) is 0 Å². The highest BCUT2D eigenvalue weighted by Gasteiger charge is 2.16. The Morgan fingerprint density at radius 2 is 1.96 bits per heavy atom. The van der Waals surface area contributed by atoms with Crippen LogP contribution in [0, 0.1) is 11.6 Å². The first-order valence-electron chi connectivity index (χ1n) is 9.44. The van der Waals surface area contributed by atoms with E-state index in [1.807, 2.05) is 6.92 Å². The van der Waals surface area contributed by atoms with Crippen molar-refractivity contribution in [2.75, 3.05) is 0 Å². The molecule has 0 saturated carbocycles. The molecule has 0 aliphatic rings. The van der Waals surface area contributed by atoms with Crippen LogP contribution in [0.1, 0.15) is 58.4 Å². The molecule has 0 radical (unpaired) electrons. The van der Waals surface area contributed by atoms with Gasteiger partial charge < -0.3 is 4.90 Å². The second-order valence-electron chi connectivity index (χ2n) is 6.55. The minimum absolute atomic E-state index is 0.0173. The second kappa shape index (κ2) is 12.0. The summed E-state index contributed by atoms with van der Waals surface area (Å²) in [4.78, 5) is 25.0. The molecule has 5 nitrogen and oxygen atoms in total. The fourth-order valence-corrected chi connectivity index (χ4v) is 2.89. The van der Waals surface area contributed by atoms with E-state index in [-0.39, 0.29) is 12.1 Å². The number of hydrogen-bond donors (Lipinski definition) is 2. The zero-order chi connectivity index (χ0) is 21.1. The van der Waals surface area contributed by atoms with E-state index < -0.39 is 17.5 Å². The summed E-state index contributed by atoms with van der Waals surface area (Å²) in [6, 6.07) is 3.30. The third-order valence-corrected chi connectivity index (χ3v) is 4.48. The van der Waals surface area contributed by atoms with Crippen molar-refractivity contribution in [3.05, 3.63) is 58.3 Å². The van der Waals surface area contributed by atoms with Gasteiger partial charge in [-0.25, -0.2) is 14.6 Å². The minimum Gasteiger partial charge on any atom is -0.314 e. The van der Waals surface area contributed by atoms with Crippen LogP contribution in [0.4, 0.5) is 8.78 Å². The molecule has 0 heterocycles. The molecule has 0 aliphatic heterocycles. The van der Waals surface area contributed by atoms with Gasteiger partial charge in [0.05, 0.1) is 6.54 Å². The van der Waals surface area contributed by atoms with Gasteiger partial charge >= 0.3 is 0 Å². The van der Waals surface area contributed by atoms with E-state index in [4.69, 9.17) is 5.84 Å². The van der Waals surface area contributed by atoms with Gasteiger partial charge in [-0.2, -0.15) is 0 Å². The van der Waals surface area contributed by atoms with Crippen LogP contribution in [-0.4, -0.2) is 17.2 Å². The summed E-state index contributed by atoms with van der Waals surface area (Å²) in [5, 5.41) is 0. The predicted molar refractivity (Wildman–Crippen MR) is 106 cm³/mol. The van der Waals surface area contributed by atoms with E-state index >= 15 is 0 Å². The predicted octanol–water partition coefficient (Wildman–Crippen LogP) is 4.10. The number of allylic oxidation sites excluding steroid dienone is 3. The van der Waals surface area contributed by atoms with Crippen LogP contribution < -0.4 is 11.3 Å². The molecule has 0 saturated heterocycles. The Kier molecular flexibility index (Phi) is 10.1. The third-order valence-electron chi connectivity index (χ3n) is 4.48. The number of nitrogens with one attached hydrogen (secondary N) is 1. The molecule has 0 unspecified atom stereocenters. The molecule has 0 bridgehead atoms. The topological polar surface area (TPSA) is 75.4 Å². The Morgan fingerprint density at radius 3 is 2.50 bits per heavy atom. The van der Waals surface area contributed by atoms with Crippen LogP contribution in [-0.2, 0) is 16.1 Å². The molecule has 7 heteroatoms. The zero-order valence-corrected chi connectivity index (χ0v) is 16.7. The van der Waals surface area contributed by atoms with Crippen molar-refractivity contribution in [1.29, 1.82) is 0 Å². The molecule has 0 aromatic heterocycles. The number of unbranched alkanes of at least 4 members (excludes halogenated alkanes) is 2. The number of hydrogen-bond acceptors (Lipinski definition) is 3. The average Bonchev–Trinajstić information content (AvgIpc) is 2.69. The maximum atomic E-state index is 14.1. The smallest absolute Gasteiger partial charge is 0.260 e.